The summed E-state index contributed by atoms with van der Waals surface area (Å²) >= 11 is 0. The Labute approximate surface area is 127 Å². The lowest BCUT2D eigenvalue weighted by atomic mass is 9.71. The monoisotopic (exact) mass is 306 g/mol. The molecule has 2 aliphatic rings. The number of nitrogens with zero attached hydrogens (tertiary/aromatic N) is 1. The van der Waals surface area contributed by atoms with Crippen LogP contribution >= 0.6 is 12.4 Å². The van der Waals surface area contributed by atoms with Gasteiger partial charge in [0.05, 0.1) is 13.2 Å². The molecule has 2 rings (SSSR count). The average Bonchev–Trinajstić information content (AvgIpc) is 2.45. The summed E-state index contributed by atoms with van der Waals surface area (Å²) in [6.07, 6.45) is 4.83. The molecule has 2 aliphatic heterocycles. The predicted molar refractivity (Wildman–Crippen MR) is 80.3 cm³/mol. The molecule has 2 saturated heterocycles. The van der Waals surface area contributed by atoms with Gasteiger partial charge in [-0.05, 0) is 44.2 Å². The maximum atomic E-state index is 12.0. The highest BCUT2D eigenvalue weighted by molar-refractivity contribution is 5.85. The zero-order chi connectivity index (χ0) is 13.6. The van der Waals surface area contributed by atoms with Crippen LogP contribution in [0.3, 0.4) is 0 Å². The van der Waals surface area contributed by atoms with E-state index in [1.54, 1.807) is 7.11 Å². The summed E-state index contributed by atoms with van der Waals surface area (Å²) in [5, 5.41) is 3.42. The Bertz CT molecular complexity index is 286. The van der Waals surface area contributed by atoms with Crippen molar-refractivity contribution in [2.75, 3.05) is 53.1 Å². The molecule has 0 atom stereocenters. The van der Waals surface area contributed by atoms with Crippen molar-refractivity contribution in [3.05, 3.63) is 0 Å². The molecule has 2 heterocycles. The van der Waals surface area contributed by atoms with Gasteiger partial charge in [0, 0.05) is 20.2 Å². The lowest BCUT2D eigenvalue weighted by molar-refractivity contribution is -0.139. The topological polar surface area (TPSA) is 50.8 Å². The summed E-state index contributed by atoms with van der Waals surface area (Å²) in [7, 11) is 1.63. The first-order valence-corrected chi connectivity index (χ1v) is 7.31. The number of carbonyl (C=O) groups is 1. The number of hydrogen-bond donors (Lipinski definition) is 1. The molecule has 0 aromatic rings. The number of amides is 1. The van der Waals surface area contributed by atoms with Gasteiger partial charge in [0.15, 0.2) is 0 Å². The fourth-order valence-electron chi connectivity index (χ4n) is 3.08. The number of ether oxygens (including phenoxy) is 2. The van der Waals surface area contributed by atoms with Crippen molar-refractivity contribution < 1.29 is 14.3 Å². The fraction of sp³-hybridized carbons (Fsp3) is 0.929. The van der Waals surface area contributed by atoms with Crippen molar-refractivity contribution in [1.29, 1.82) is 0 Å². The number of carbonyl (C=O) groups excluding carboxylic acids is 1. The molecule has 20 heavy (non-hydrogen) atoms. The minimum absolute atomic E-state index is 0. The van der Waals surface area contributed by atoms with E-state index in [0.717, 1.165) is 39.0 Å². The lowest BCUT2D eigenvalue weighted by Crippen LogP contribution is -2.48. The van der Waals surface area contributed by atoms with E-state index < -0.39 is 0 Å². The van der Waals surface area contributed by atoms with Crippen molar-refractivity contribution in [1.82, 2.24) is 10.2 Å². The first kappa shape index (κ1) is 17.7. The van der Waals surface area contributed by atoms with Crippen LogP contribution in [0.1, 0.15) is 25.7 Å². The molecular formula is C14H27ClN2O3. The third kappa shape index (κ3) is 4.88. The first-order chi connectivity index (χ1) is 9.26. The molecule has 0 aromatic heterocycles. The van der Waals surface area contributed by atoms with Crippen molar-refractivity contribution in [3.8, 4) is 0 Å². The molecule has 0 radical (unpaired) electrons. The van der Waals surface area contributed by atoms with Gasteiger partial charge in [0.1, 0.15) is 6.61 Å². The number of rotatable bonds is 5. The van der Waals surface area contributed by atoms with Crippen LogP contribution in [0.25, 0.3) is 0 Å². The molecule has 0 unspecified atom stereocenters. The highest BCUT2D eigenvalue weighted by atomic mass is 35.5. The standard InChI is InChI=1S/C14H26N2O3.ClH/c1-18-10-11-19-12-13(17)16-8-4-14(5-9-16)2-6-15-7-3-14;/h15H,2-12H2,1H3;1H. The van der Waals surface area contributed by atoms with Crippen LogP contribution in [0.15, 0.2) is 0 Å². The number of piperidine rings is 2. The Kier molecular flexibility index (Phi) is 7.80. The molecule has 0 aromatic carbocycles. The molecule has 1 amide bonds. The van der Waals surface area contributed by atoms with Crippen LogP contribution in [-0.4, -0.2) is 63.9 Å². The maximum absolute atomic E-state index is 12.0. The van der Waals surface area contributed by atoms with E-state index in [2.05, 4.69) is 5.32 Å². The minimum atomic E-state index is 0. The molecule has 1 N–H and O–H groups in total. The Morgan fingerprint density at radius 3 is 2.40 bits per heavy atom. The summed E-state index contributed by atoms with van der Waals surface area (Å²) in [6, 6.07) is 0. The molecule has 0 bridgehead atoms. The third-order valence-electron chi connectivity index (χ3n) is 4.50. The summed E-state index contributed by atoms with van der Waals surface area (Å²) in [5.74, 6) is 0.125. The number of likely N-dealkylation sites (tertiary alicyclic amines) is 1. The second kappa shape index (κ2) is 8.82. The quantitative estimate of drug-likeness (QED) is 0.772. The van der Waals surface area contributed by atoms with Gasteiger partial charge in [-0.15, -0.1) is 12.4 Å². The molecule has 5 nitrogen and oxygen atoms in total. The molecule has 1 spiro atoms. The normalized spacial score (nSPS) is 21.6. The van der Waals surface area contributed by atoms with Gasteiger partial charge < -0.3 is 19.7 Å². The number of hydrogen-bond acceptors (Lipinski definition) is 4. The summed E-state index contributed by atoms with van der Waals surface area (Å²) in [5.41, 5.74) is 0.499. The van der Waals surface area contributed by atoms with Crippen LogP contribution in [0.5, 0.6) is 0 Å². The Morgan fingerprint density at radius 2 is 1.80 bits per heavy atom. The molecule has 0 aliphatic carbocycles. The van der Waals surface area contributed by atoms with Crippen molar-refractivity contribution >= 4 is 18.3 Å². The predicted octanol–water partition coefficient (Wildman–Crippen LogP) is 1.06. The second-order valence-corrected chi connectivity index (χ2v) is 5.68. The average molecular weight is 307 g/mol. The van der Waals surface area contributed by atoms with E-state index in [-0.39, 0.29) is 24.9 Å². The Hall–Kier alpha value is -0.360. The van der Waals surface area contributed by atoms with Crippen LogP contribution < -0.4 is 5.32 Å². The summed E-state index contributed by atoms with van der Waals surface area (Å²) in [6.45, 7) is 5.29. The minimum Gasteiger partial charge on any atom is -0.382 e. The van der Waals surface area contributed by atoms with Crippen LogP contribution in [-0.2, 0) is 14.3 Å². The van der Waals surface area contributed by atoms with Gasteiger partial charge in [0.25, 0.3) is 0 Å². The molecule has 6 heteroatoms. The first-order valence-electron chi connectivity index (χ1n) is 7.31. The SMILES string of the molecule is COCCOCC(=O)N1CCC2(CCNCC2)CC1.Cl. The molecule has 118 valence electrons. The maximum Gasteiger partial charge on any atom is 0.248 e. The van der Waals surface area contributed by atoms with E-state index in [0.29, 0.717) is 18.6 Å². The lowest BCUT2D eigenvalue weighted by Gasteiger charge is -2.44. The number of nitrogens with one attached hydrogen (secondary N) is 1. The Balaban J connectivity index is 0.00000200. The number of halogens is 1. The third-order valence-corrected chi connectivity index (χ3v) is 4.50. The summed E-state index contributed by atoms with van der Waals surface area (Å²) < 4.78 is 10.2. The van der Waals surface area contributed by atoms with Crippen LogP contribution in [0.2, 0.25) is 0 Å². The Morgan fingerprint density at radius 1 is 1.15 bits per heavy atom. The molecule has 0 saturated carbocycles. The van der Waals surface area contributed by atoms with Crippen molar-refractivity contribution in [2.24, 2.45) is 5.41 Å². The van der Waals surface area contributed by atoms with Crippen LogP contribution in [0.4, 0.5) is 0 Å². The highest BCUT2D eigenvalue weighted by Gasteiger charge is 2.36. The number of methoxy groups -OCH3 is 1. The van der Waals surface area contributed by atoms with E-state index in [1.807, 2.05) is 4.90 Å². The van der Waals surface area contributed by atoms with E-state index in [1.165, 1.54) is 12.8 Å². The van der Waals surface area contributed by atoms with Crippen LogP contribution in [0, 0.1) is 5.41 Å². The zero-order valence-electron chi connectivity index (χ0n) is 12.4. The van der Waals surface area contributed by atoms with Crippen molar-refractivity contribution in [3.63, 3.8) is 0 Å². The van der Waals surface area contributed by atoms with Gasteiger partial charge in [0.2, 0.25) is 5.91 Å². The van der Waals surface area contributed by atoms with Crippen molar-refractivity contribution in [2.45, 2.75) is 25.7 Å². The second-order valence-electron chi connectivity index (χ2n) is 5.68. The molecular weight excluding hydrogens is 280 g/mol. The van der Waals surface area contributed by atoms with Gasteiger partial charge >= 0.3 is 0 Å². The van der Waals surface area contributed by atoms with E-state index >= 15 is 0 Å². The highest BCUT2D eigenvalue weighted by Crippen LogP contribution is 2.39. The molecule has 2 fully saturated rings. The van der Waals surface area contributed by atoms with Gasteiger partial charge in [-0.3, -0.25) is 4.79 Å². The van der Waals surface area contributed by atoms with Gasteiger partial charge in [-0.1, -0.05) is 0 Å². The van der Waals surface area contributed by atoms with E-state index in [4.69, 9.17) is 9.47 Å². The smallest absolute Gasteiger partial charge is 0.248 e. The zero-order valence-corrected chi connectivity index (χ0v) is 13.2. The largest absolute Gasteiger partial charge is 0.382 e. The van der Waals surface area contributed by atoms with Gasteiger partial charge in [-0.25, -0.2) is 0 Å². The van der Waals surface area contributed by atoms with E-state index in [9.17, 15) is 4.79 Å². The fourth-order valence-corrected chi connectivity index (χ4v) is 3.08. The summed E-state index contributed by atoms with van der Waals surface area (Å²) in [4.78, 5) is 13.9. The van der Waals surface area contributed by atoms with Gasteiger partial charge in [-0.2, -0.15) is 0 Å².